The van der Waals surface area contributed by atoms with Crippen molar-refractivity contribution >= 4 is 22.6 Å². The van der Waals surface area contributed by atoms with E-state index in [-0.39, 0.29) is 4.90 Å². The van der Waals surface area contributed by atoms with E-state index in [2.05, 4.69) is 4.72 Å². The van der Waals surface area contributed by atoms with Crippen LogP contribution in [0, 0.1) is 0 Å². The molecule has 23 heavy (non-hydrogen) atoms. The van der Waals surface area contributed by atoms with Crippen molar-refractivity contribution in [2.75, 3.05) is 0 Å². The van der Waals surface area contributed by atoms with Crippen molar-refractivity contribution < 1.29 is 17.7 Å². The van der Waals surface area contributed by atoms with Gasteiger partial charge < -0.3 is 9.31 Å². The fraction of sp³-hybridized carbons (Fsp3) is 0.625. The summed E-state index contributed by atoms with van der Waals surface area (Å²) in [6, 6.07) is 6.70. The van der Waals surface area contributed by atoms with Crippen molar-refractivity contribution in [2.45, 2.75) is 70.1 Å². The van der Waals surface area contributed by atoms with E-state index in [0.717, 1.165) is 0 Å². The maximum absolute atomic E-state index is 12.5. The normalized spacial score (nSPS) is 20.7. The average Bonchev–Trinajstić information content (AvgIpc) is 2.56. The Morgan fingerprint density at radius 1 is 1.04 bits per heavy atom. The number of sulfonamides is 1. The van der Waals surface area contributed by atoms with E-state index in [1.807, 2.05) is 54.5 Å². The third-order valence-electron chi connectivity index (χ3n) is 4.13. The van der Waals surface area contributed by atoms with E-state index in [9.17, 15) is 8.42 Å². The fourth-order valence-electron chi connectivity index (χ4n) is 2.27. The van der Waals surface area contributed by atoms with Crippen molar-refractivity contribution in [2.24, 2.45) is 0 Å². The molecule has 0 unspecified atom stereocenters. The highest BCUT2D eigenvalue weighted by Gasteiger charge is 2.51. The second kappa shape index (κ2) is 5.58. The molecule has 0 radical (unpaired) electrons. The van der Waals surface area contributed by atoms with Gasteiger partial charge in [0.15, 0.2) is 0 Å². The molecule has 1 aromatic rings. The highest BCUT2D eigenvalue weighted by molar-refractivity contribution is 7.89. The van der Waals surface area contributed by atoms with Crippen LogP contribution in [0.2, 0.25) is 0 Å². The first kappa shape index (κ1) is 18.5. The van der Waals surface area contributed by atoms with Crippen molar-refractivity contribution in [3.8, 4) is 0 Å². The third-order valence-corrected chi connectivity index (χ3v) is 5.89. The molecular weight excluding hydrogens is 313 g/mol. The Balaban J connectivity index is 2.32. The first-order valence-electron chi connectivity index (χ1n) is 7.73. The molecule has 0 saturated carbocycles. The molecule has 1 saturated heterocycles. The second-order valence-corrected chi connectivity index (χ2v) is 9.70. The van der Waals surface area contributed by atoms with Crippen LogP contribution in [0.1, 0.15) is 48.5 Å². The van der Waals surface area contributed by atoms with Crippen molar-refractivity contribution in [3.05, 3.63) is 24.3 Å². The van der Waals surface area contributed by atoms with Gasteiger partial charge in [0.2, 0.25) is 10.0 Å². The van der Waals surface area contributed by atoms with Crippen LogP contribution in [0.4, 0.5) is 0 Å². The van der Waals surface area contributed by atoms with Gasteiger partial charge in [-0.25, -0.2) is 13.1 Å². The third kappa shape index (κ3) is 3.96. The standard InChI is InChI=1S/C16H26BNO4S/c1-14(2,3)18-23(19,20)13-10-8-9-12(11-13)17-21-15(4,5)16(6,7)22-17/h8-11,18H,1-7H3. The molecule has 128 valence electrons. The van der Waals surface area contributed by atoms with E-state index in [1.54, 1.807) is 18.2 Å². The SMILES string of the molecule is CC(C)(C)NS(=O)(=O)c1cccc(B2OC(C)(C)C(C)(C)O2)c1. The summed E-state index contributed by atoms with van der Waals surface area (Å²) < 4.78 is 39.6. The predicted molar refractivity (Wildman–Crippen MR) is 92.2 cm³/mol. The number of nitrogens with one attached hydrogen (secondary N) is 1. The van der Waals surface area contributed by atoms with Crippen LogP contribution in [0.5, 0.6) is 0 Å². The second-order valence-electron chi connectivity index (χ2n) is 8.02. The molecule has 7 heteroatoms. The molecule has 1 aliphatic rings. The summed E-state index contributed by atoms with van der Waals surface area (Å²) in [7, 11) is -4.17. The minimum Gasteiger partial charge on any atom is -0.399 e. The van der Waals surface area contributed by atoms with Gasteiger partial charge in [-0.15, -0.1) is 0 Å². The van der Waals surface area contributed by atoms with Crippen LogP contribution < -0.4 is 10.2 Å². The van der Waals surface area contributed by atoms with Gasteiger partial charge in [-0.1, -0.05) is 12.1 Å². The molecule has 0 aliphatic carbocycles. The van der Waals surface area contributed by atoms with Crippen LogP contribution in [0.3, 0.4) is 0 Å². The lowest BCUT2D eigenvalue weighted by Gasteiger charge is -2.32. The van der Waals surface area contributed by atoms with E-state index >= 15 is 0 Å². The molecule has 1 aliphatic heterocycles. The van der Waals surface area contributed by atoms with Crippen LogP contribution in [-0.4, -0.2) is 32.3 Å². The Hall–Kier alpha value is -0.885. The van der Waals surface area contributed by atoms with Crippen molar-refractivity contribution in [3.63, 3.8) is 0 Å². The maximum atomic E-state index is 12.5. The van der Waals surface area contributed by atoms with Crippen LogP contribution in [-0.2, 0) is 19.3 Å². The summed E-state index contributed by atoms with van der Waals surface area (Å²) in [5.74, 6) is 0. The summed E-state index contributed by atoms with van der Waals surface area (Å²) in [5, 5.41) is 0. The smallest absolute Gasteiger partial charge is 0.399 e. The molecular formula is C16H26BNO4S. The van der Waals surface area contributed by atoms with Gasteiger partial charge in [-0.3, -0.25) is 0 Å². The zero-order valence-electron chi connectivity index (χ0n) is 14.9. The average molecular weight is 339 g/mol. The minimum absolute atomic E-state index is 0.208. The van der Waals surface area contributed by atoms with Gasteiger partial charge in [0, 0.05) is 5.54 Å². The molecule has 1 aromatic carbocycles. The first-order chi connectivity index (χ1) is 10.2. The van der Waals surface area contributed by atoms with E-state index < -0.39 is 33.9 Å². The lowest BCUT2D eigenvalue weighted by Crippen LogP contribution is -2.41. The van der Waals surface area contributed by atoms with Crippen LogP contribution >= 0.6 is 0 Å². The summed E-state index contributed by atoms with van der Waals surface area (Å²) in [6.07, 6.45) is 0. The monoisotopic (exact) mass is 339 g/mol. The van der Waals surface area contributed by atoms with Crippen LogP contribution in [0.15, 0.2) is 29.2 Å². The van der Waals surface area contributed by atoms with Gasteiger partial charge in [-0.05, 0) is 66.1 Å². The highest BCUT2D eigenvalue weighted by Crippen LogP contribution is 2.36. The van der Waals surface area contributed by atoms with E-state index in [4.69, 9.17) is 9.31 Å². The van der Waals surface area contributed by atoms with Gasteiger partial charge in [0.05, 0.1) is 16.1 Å². The molecule has 0 atom stereocenters. The van der Waals surface area contributed by atoms with Gasteiger partial charge in [-0.2, -0.15) is 0 Å². The van der Waals surface area contributed by atoms with E-state index in [1.165, 1.54) is 0 Å². The van der Waals surface area contributed by atoms with Gasteiger partial charge >= 0.3 is 7.12 Å². The largest absolute Gasteiger partial charge is 0.494 e. The number of rotatable bonds is 3. The molecule has 1 heterocycles. The Kier molecular flexibility index (Phi) is 4.48. The minimum atomic E-state index is -3.59. The van der Waals surface area contributed by atoms with Crippen molar-refractivity contribution in [1.29, 1.82) is 0 Å². The lowest BCUT2D eigenvalue weighted by molar-refractivity contribution is 0.00578. The highest BCUT2D eigenvalue weighted by atomic mass is 32.2. The van der Waals surface area contributed by atoms with Crippen molar-refractivity contribution in [1.82, 2.24) is 4.72 Å². The quantitative estimate of drug-likeness (QED) is 0.856. The summed E-state index contributed by atoms with van der Waals surface area (Å²) in [4.78, 5) is 0.208. The summed E-state index contributed by atoms with van der Waals surface area (Å²) >= 11 is 0. The molecule has 0 spiro atoms. The summed E-state index contributed by atoms with van der Waals surface area (Å²) in [6.45, 7) is 13.3. The van der Waals surface area contributed by atoms with Crippen LogP contribution in [0.25, 0.3) is 0 Å². The Morgan fingerprint density at radius 3 is 2.04 bits per heavy atom. The molecule has 2 rings (SSSR count). The molecule has 1 N–H and O–H groups in total. The van der Waals surface area contributed by atoms with Gasteiger partial charge in [0.1, 0.15) is 0 Å². The fourth-order valence-corrected chi connectivity index (χ4v) is 3.74. The van der Waals surface area contributed by atoms with E-state index in [0.29, 0.717) is 5.46 Å². The first-order valence-corrected chi connectivity index (χ1v) is 9.21. The maximum Gasteiger partial charge on any atom is 0.494 e. The molecule has 0 aromatic heterocycles. The summed E-state index contributed by atoms with van der Waals surface area (Å²) in [5.41, 5.74) is -0.772. The molecule has 1 fully saturated rings. The molecule has 5 nitrogen and oxygen atoms in total. The lowest BCUT2D eigenvalue weighted by atomic mass is 9.79. The molecule has 0 bridgehead atoms. The Labute approximate surface area is 140 Å². The topological polar surface area (TPSA) is 64.6 Å². The zero-order valence-corrected chi connectivity index (χ0v) is 15.7. The molecule has 0 amide bonds. The zero-order chi connectivity index (χ0) is 17.7. The number of hydrogen-bond donors (Lipinski definition) is 1. The Bertz CT molecular complexity index is 676. The predicted octanol–water partition coefficient (Wildman–Crippen LogP) is 2.06. The number of hydrogen-bond acceptors (Lipinski definition) is 4. The number of benzene rings is 1. The Morgan fingerprint density at radius 2 is 1.57 bits per heavy atom. The van der Waals surface area contributed by atoms with Gasteiger partial charge in [0.25, 0.3) is 0 Å².